The highest BCUT2D eigenvalue weighted by Crippen LogP contribution is 2.22. The van der Waals surface area contributed by atoms with Gasteiger partial charge < -0.3 is 115 Å². The Labute approximate surface area is 778 Å². The highest BCUT2D eigenvalue weighted by Gasteiger charge is 2.21. The molecule has 0 saturated carbocycles. The number of imidazole rings is 6. The Kier molecular flexibility index (Phi) is 47.4. The summed E-state index contributed by atoms with van der Waals surface area (Å²) in [4.78, 5) is 225. The van der Waals surface area contributed by atoms with Gasteiger partial charge in [0.15, 0.2) is 85.1 Å². The number of nitrogen functional groups attached to an aromatic ring is 6. The zero-order valence-electron chi connectivity index (χ0n) is 74.9. The molecule has 54 heteroatoms. The lowest BCUT2D eigenvalue weighted by Gasteiger charge is -2.04. The van der Waals surface area contributed by atoms with Gasteiger partial charge in [-0.05, 0) is 93.7 Å². The van der Waals surface area contributed by atoms with Gasteiger partial charge in [0.1, 0.15) is 101 Å². The van der Waals surface area contributed by atoms with Gasteiger partial charge >= 0.3 is 29.8 Å². The van der Waals surface area contributed by atoms with Crippen molar-refractivity contribution < 1.29 is 82.0 Å². The van der Waals surface area contributed by atoms with E-state index in [4.69, 9.17) is 60.8 Å². The van der Waals surface area contributed by atoms with Gasteiger partial charge in [-0.3, -0.25) is 62.3 Å². The van der Waals surface area contributed by atoms with Gasteiger partial charge in [0.05, 0.1) is 64.4 Å². The monoisotopic (exact) mass is 1940 g/mol. The molecule has 12 aromatic heterocycles. The maximum Gasteiger partial charge on any atom is 0.326 e. The third-order valence-electron chi connectivity index (χ3n) is 18.9. The van der Waals surface area contributed by atoms with E-state index in [0.29, 0.717) is 197 Å². The van der Waals surface area contributed by atoms with Crippen LogP contribution >= 0.6 is 15.9 Å². The number of aromatic nitrogens is 24. The first-order chi connectivity index (χ1) is 64.8. The van der Waals surface area contributed by atoms with Gasteiger partial charge in [0.2, 0.25) is 23.7 Å². The molecule has 1 fully saturated rings. The number of amides is 2. The van der Waals surface area contributed by atoms with Crippen LogP contribution in [0.4, 0.5) is 46.8 Å². The van der Waals surface area contributed by atoms with E-state index in [9.17, 15) is 62.3 Å². The van der Waals surface area contributed by atoms with Crippen molar-refractivity contribution in [3.63, 3.8) is 0 Å². The number of aliphatic carboxylic acids is 2. The number of anilines is 8. The Balaban J connectivity index is 0.000000245. The van der Waals surface area contributed by atoms with E-state index >= 15 is 0 Å². The molecular formula is C81H113BrN36O17. The normalized spacial score (nSPS) is 11.1. The Bertz CT molecular complexity index is 5900. The molecule has 0 unspecified atom stereocenters. The quantitative estimate of drug-likeness (QED) is 0.0112. The first-order valence-corrected chi connectivity index (χ1v) is 43.6. The molecule has 0 aromatic carbocycles. The van der Waals surface area contributed by atoms with E-state index in [1.807, 2.05) is 0 Å². The number of halogens is 1. The van der Waals surface area contributed by atoms with Crippen LogP contribution in [0.3, 0.4) is 0 Å². The molecule has 0 atom stereocenters. The molecule has 0 spiro atoms. The number of hydrogen-bond acceptors (Lipinski definition) is 43. The topological polar surface area (TPSA) is 831 Å². The Morgan fingerprint density at radius 1 is 0.393 bits per heavy atom. The number of ether oxygens (including phenoxy) is 2. The molecule has 12 aromatic rings. The lowest BCUT2D eigenvalue weighted by molar-refractivity contribution is -0.152. The predicted molar refractivity (Wildman–Crippen MR) is 496 cm³/mol. The minimum Gasteiger partial charge on any atom is -0.481 e. The number of nitrogens with two attached hydrogens (primary N) is 8. The molecule has 53 nitrogen and oxygen atoms in total. The number of nitrogens with one attached hydrogen (secondary N) is 7. The number of ketones is 6. The van der Waals surface area contributed by atoms with E-state index in [0.717, 1.165) is 64.5 Å². The van der Waals surface area contributed by atoms with Crippen molar-refractivity contribution in [2.45, 2.75) is 200 Å². The fourth-order valence-electron chi connectivity index (χ4n) is 11.9. The summed E-state index contributed by atoms with van der Waals surface area (Å²) in [7, 11) is 3.12. The van der Waals surface area contributed by atoms with Gasteiger partial charge in [-0.25, -0.2) is 79.7 Å². The lowest BCUT2D eigenvalue weighted by Crippen LogP contribution is -2.18. The van der Waals surface area contributed by atoms with E-state index in [1.54, 1.807) is 41.0 Å². The molecule has 0 bridgehead atoms. The van der Waals surface area contributed by atoms with Crippen molar-refractivity contribution >= 4 is 206 Å². The van der Waals surface area contributed by atoms with E-state index < -0.39 is 23.9 Å². The average molecular weight is 1940 g/mol. The highest BCUT2D eigenvalue weighted by molar-refractivity contribution is 9.10. The molecule has 726 valence electrons. The smallest absolute Gasteiger partial charge is 0.326 e. The van der Waals surface area contributed by atoms with Crippen LogP contribution in [0.15, 0.2) is 61.7 Å². The van der Waals surface area contributed by atoms with Crippen LogP contribution in [0, 0.1) is 0 Å². The number of carboxylic acid groups (broad SMARTS) is 2. The maximum atomic E-state index is 12.1. The third-order valence-corrected chi connectivity index (χ3v) is 19.3. The molecule has 1 saturated heterocycles. The molecule has 0 aliphatic carbocycles. The summed E-state index contributed by atoms with van der Waals surface area (Å²) in [6, 6.07) is 0. The van der Waals surface area contributed by atoms with Crippen LogP contribution in [0.1, 0.15) is 180 Å². The van der Waals surface area contributed by atoms with Crippen LogP contribution < -0.4 is 67.1 Å². The predicted octanol–water partition coefficient (Wildman–Crippen LogP) is 3.76. The van der Waals surface area contributed by atoms with Crippen molar-refractivity contribution in [2.24, 2.45) is 11.5 Å². The summed E-state index contributed by atoms with van der Waals surface area (Å²) in [6.45, 7) is 5.29. The summed E-state index contributed by atoms with van der Waals surface area (Å²) < 4.78 is 14.4. The summed E-state index contributed by atoms with van der Waals surface area (Å²) in [5.41, 5.74) is 50.6. The molecular weight excluding hydrogens is 1830 g/mol. The number of rotatable bonds is 45. The molecule has 135 heavy (non-hydrogen) atoms. The number of aromatic amines is 3. The maximum absolute atomic E-state index is 12.1. The number of cyclic esters (lactones) is 2. The van der Waals surface area contributed by atoms with Crippen molar-refractivity contribution in [2.75, 3.05) is 91.9 Å². The number of unbranched alkanes of at least 4 members (excludes halogenated alkanes) is 6. The number of hydrogen-bond donors (Lipinski definition) is 17. The molecule has 1 aliphatic rings. The van der Waals surface area contributed by atoms with Crippen molar-refractivity contribution in [3.05, 3.63) is 61.7 Å². The van der Waals surface area contributed by atoms with Crippen LogP contribution in [0.2, 0.25) is 0 Å². The van der Waals surface area contributed by atoms with E-state index in [-0.39, 0.29) is 136 Å². The summed E-state index contributed by atoms with van der Waals surface area (Å²) in [5.74, 6) is 0.120. The first-order valence-electron chi connectivity index (χ1n) is 42.8. The van der Waals surface area contributed by atoms with Crippen molar-refractivity contribution in [1.82, 2.24) is 129 Å². The SMILES string of the molecule is CCOC(=O)Cn1cnc2c(N)ncnc21.CNC(=O)CCC(=O)CCCCCC(=O)Cn1cnc2c(N)ncnc21.CNC(=O)CCC(=O)CCCCNc1nc2ncnc(N)c2[nH]1.NCCCN.Nc1ncnc2c1ncn2CC(=O)CCCCCC(=O)CCC(=O)O.Nc1ncnc2nc(Br)[nH]c12.Nc1ncnc2nc(NCCCCC(=O)CCC(=O)O)[nH]c12.O=C1CCC(=O)O1. The third kappa shape index (κ3) is 39.7. The number of Topliss-reactive ketones (excluding diaryl/α,β-unsaturated/α-hetero) is 6. The molecule has 25 N–H and O–H groups in total. The molecule has 1 aliphatic heterocycles. The van der Waals surface area contributed by atoms with E-state index in [1.165, 1.54) is 50.6 Å². The van der Waals surface area contributed by atoms with E-state index in [2.05, 4.69) is 147 Å². The second kappa shape index (κ2) is 59.1. The molecule has 13 heterocycles. The molecule has 2 amide bonds. The van der Waals surface area contributed by atoms with Crippen molar-refractivity contribution in [3.8, 4) is 0 Å². The number of H-pyrrole nitrogens is 3. The summed E-state index contributed by atoms with van der Waals surface area (Å²) in [5, 5.41) is 28.2. The first kappa shape index (κ1) is 108. The number of fused-ring (bicyclic) bond motifs is 6. The number of carbonyl (C=O) groups is 13. The van der Waals surface area contributed by atoms with Crippen LogP contribution in [0.25, 0.3) is 67.0 Å². The lowest BCUT2D eigenvalue weighted by atomic mass is 10.1. The van der Waals surface area contributed by atoms with Gasteiger partial charge in [0.25, 0.3) is 0 Å². The van der Waals surface area contributed by atoms with Crippen LogP contribution in [-0.4, -0.2) is 252 Å². The molecule has 0 radical (unpaired) electrons. The highest BCUT2D eigenvalue weighted by atomic mass is 79.9. The largest absolute Gasteiger partial charge is 0.481 e. The van der Waals surface area contributed by atoms with Gasteiger partial charge in [0, 0.05) is 104 Å². The summed E-state index contributed by atoms with van der Waals surface area (Å²) in [6.07, 6.45) is 25.2. The minimum absolute atomic E-state index is 0.0193. The Morgan fingerprint density at radius 2 is 0.711 bits per heavy atom. The molecule has 13 rings (SSSR count). The number of esters is 3. The number of nitrogens with zero attached hydrogens (tertiary/aromatic N) is 21. The number of carbonyl (C=O) groups excluding carboxylic acids is 11. The fourth-order valence-corrected chi connectivity index (χ4v) is 12.2. The fraction of sp³-hybridized carbons (Fsp3) is 0.469. The minimum atomic E-state index is -0.960. The zero-order chi connectivity index (χ0) is 98.6. The zero-order valence-corrected chi connectivity index (χ0v) is 76.4. The standard InChI is InChI=1S/C17H24N6O3.C16H21N5O4.C14H21N7O2.C13H18N6O3.C9H11N5O2.C5H4BrN5.C4H4O3.C3H10N2/c1-19-14(26)8-7-12(24)5-3-2-4-6-13(25)9-23-11-22-15-16(18)20-10-21-17(15)23;17-15-14-16(19-9-18-15)21(10-20-14)8-12(23)5-3-1-2-4-11(22)6-7-13(24)25;1-16-10(23)6-5-9(22)4-2-3-7-17-14-20-11-12(15)18-8-19-13(11)21-14;14-11-10-12(17-7-16-11)19-13(18-10)15-6-2-1-3-8(20)4-5-9(21)22;1-2-16-6(15)3-14-5-13-7-8(10)11-4-12-9(7)14;6-5-10-2-3(7)8-1-9-4(2)11-5;5-3-1-2-4(6)7-3;4-2-1-3-5/h10-11H,2-9H2,1H3,(H,19,26)(H2,18,20,21);9-10H,1-8H2,(H,24,25)(H2,17,18,19);8H,2-7H2,1H3,(H,16,23)(H4,15,17,18,19,20,21);7H,1-6H2,(H,21,22)(H4,14,15,16,17,18,19);4-5H,2-3H2,1H3,(H2,10,11,12);1H,(H3,7,8,9,10,11);1-2H2;1-5H2. The summed E-state index contributed by atoms with van der Waals surface area (Å²) >= 11 is 3.17. The van der Waals surface area contributed by atoms with Crippen LogP contribution in [-0.2, 0) is 91.4 Å². The second-order valence-electron chi connectivity index (χ2n) is 29.3. The van der Waals surface area contributed by atoms with Crippen molar-refractivity contribution in [1.29, 1.82) is 0 Å². The van der Waals surface area contributed by atoms with Crippen LogP contribution in [0.5, 0.6) is 0 Å². The van der Waals surface area contributed by atoms with Gasteiger partial charge in [-0.1, -0.05) is 12.8 Å². The number of carboxylic acids is 2. The Morgan fingerprint density at radius 3 is 1.02 bits per heavy atom. The average Bonchev–Trinajstić information content (AvgIpc) is 1.64. The van der Waals surface area contributed by atoms with Gasteiger partial charge in [-0.15, -0.1) is 0 Å². The van der Waals surface area contributed by atoms with Gasteiger partial charge in [-0.2, -0.15) is 9.97 Å². The Hall–Kier alpha value is -15.4. The second-order valence-corrected chi connectivity index (χ2v) is 30.1.